The van der Waals surface area contributed by atoms with E-state index in [0.29, 0.717) is 12.3 Å². The highest BCUT2D eigenvalue weighted by Gasteiger charge is 2.39. The van der Waals surface area contributed by atoms with Crippen LogP contribution in [0.4, 0.5) is 11.4 Å². The summed E-state index contributed by atoms with van der Waals surface area (Å²) in [4.78, 5) is 14.6. The molecule has 1 heterocycles. The molecule has 0 saturated carbocycles. The highest BCUT2D eigenvalue weighted by molar-refractivity contribution is 5.95. The minimum absolute atomic E-state index is 0.203. The van der Waals surface area contributed by atoms with Gasteiger partial charge in [-0.1, -0.05) is 57.2 Å². The Kier molecular flexibility index (Phi) is 4.89. The Bertz CT molecular complexity index is 698. The first-order chi connectivity index (χ1) is 11.7. The largest absolute Gasteiger partial charge is 0.378 e. The Balaban J connectivity index is 2.05. The topological polar surface area (TPSA) is 32.3 Å². The minimum Gasteiger partial charge on any atom is -0.378 e. The number of carbonyl (C=O) groups excluding carboxylic acids is 1. The highest BCUT2D eigenvalue weighted by atomic mass is 16.2. The third-order valence-corrected chi connectivity index (χ3v) is 5.08. The molecule has 0 radical (unpaired) electrons. The maximum atomic E-state index is 12.6. The van der Waals surface area contributed by atoms with Crippen molar-refractivity contribution < 1.29 is 4.79 Å². The molecule has 1 aliphatic heterocycles. The maximum Gasteiger partial charge on any atom is 0.226 e. The van der Waals surface area contributed by atoms with Crippen molar-refractivity contribution in [3.63, 3.8) is 0 Å². The van der Waals surface area contributed by atoms with E-state index < -0.39 is 0 Å². The van der Waals surface area contributed by atoms with Crippen LogP contribution in [0.2, 0.25) is 0 Å². The number of benzene rings is 2. The lowest BCUT2D eigenvalue weighted by molar-refractivity contribution is -0.119. The fourth-order valence-electron chi connectivity index (χ4n) is 3.86. The lowest BCUT2D eigenvalue weighted by atomic mass is 9.80. The molecule has 1 N–H and O–H groups in total. The summed E-state index contributed by atoms with van der Waals surface area (Å²) in [5.41, 5.74) is 3.39. The standard InChI is InChI=1S/C21H26N2O/c1-4-18-15(3)21(22-16-11-7-6-8-12-16)17-13-9-10-14-19(17)23(18)20(24)5-2/h6-15,18,21-22H,4-5H2,1-3H3/t15-,18-,21-/m0/s1. The molecule has 0 spiro atoms. The monoisotopic (exact) mass is 322 g/mol. The number of nitrogens with zero attached hydrogens (tertiary/aromatic N) is 1. The normalized spacial score (nSPS) is 22.8. The summed E-state index contributed by atoms with van der Waals surface area (Å²) in [6.07, 6.45) is 1.49. The Hall–Kier alpha value is -2.29. The Morgan fingerprint density at radius 3 is 2.38 bits per heavy atom. The third kappa shape index (κ3) is 2.91. The smallest absolute Gasteiger partial charge is 0.226 e. The van der Waals surface area contributed by atoms with Crippen molar-refractivity contribution in [1.29, 1.82) is 0 Å². The van der Waals surface area contributed by atoms with Crippen molar-refractivity contribution in [1.82, 2.24) is 0 Å². The molecule has 0 aliphatic carbocycles. The van der Waals surface area contributed by atoms with Crippen LogP contribution in [0.1, 0.15) is 45.2 Å². The summed E-state index contributed by atoms with van der Waals surface area (Å²) < 4.78 is 0. The molecule has 3 rings (SSSR count). The number of fused-ring (bicyclic) bond motifs is 1. The van der Waals surface area contributed by atoms with E-state index in [-0.39, 0.29) is 18.0 Å². The Morgan fingerprint density at radius 2 is 1.71 bits per heavy atom. The van der Waals surface area contributed by atoms with E-state index in [1.54, 1.807) is 0 Å². The van der Waals surface area contributed by atoms with Crippen LogP contribution in [0.25, 0.3) is 0 Å². The van der Waals surface area contributed by atoms with Crippen LogP contribution in [-0.4, -0.2) is 11.9 Å². The van der Waals surface area contributed by atoms with E-state index in [0.717, 1.165) is 17.8 Å². The van der Waals surface area contributed by atoms with Gasteiger partial charge in [-0.05, 0) is 30.2 Å². The molecule has 3 heteroatoms. The first-order valence-corrected chi connectivity index (χ1v) is 8.89. The van der Waals surface area contributed by atoms with E-state index in [1.807, 2.05) is 36.1 Å². The zero-order chi connectivity index (χ0) is 17.1. The van der Waals surface area contributed by atoms with Gasteiger partial charge < -0.3 is 10.2 Å². The molecule has 24 heavy (non-hydrogen) atoms. The number of para-hydroxylation sites is 2. The second kappa shape index (κ2) is 7.08. The second-order valence-corrected chi connectivity index (χ2v) is 6.50. The van der Waals surface area contributed by atoms with Gasteiger partial charge in [-0.3, -0.25) is 4.79 Å². The second-order valence-electron chi connectivity index (χ2n) is 6.50. The predicted molar refractivity (Wildman–Crippen MR) is 100 cm³/mol. The lowest BCUT2D eigenvalue weighted by Gasteiger charge is -2.45. The van der Waals surface area contributed by atoms with Crippen molar-refractivity contribution in [2.24, 2.45) is 5.92 Å². The van der Waals surface area contributed by atoms with E-state index in [2.05, 4.69) is 49.5 Å². The van der Waals surface area contributed by atoms with Gasteiger partial charge in [0.15, 0.2) is 0 Å². The van der Waals surface area contributed by atoms with Crippen LogP contribution >= 0.6 is 0 Å². The maximum absolute atomic E-state index is 12.6. The van der Waals surface area contributed by atoms with Crippen LogP contribution in [0.15, 0.2) is 54.6 Å². The molecule has 126 valence electrons. The molecule has 2 aromatic rings. The molecule has 0 aromatic heterocycles. The lowest BCUT2D eigenvalue weighted by Crippen LogP contribution is -2.50. The Labute approximate surface area is 144 Å². The first kappa shape index (κ1) is 16.6. The first-order valence-electron chi connectivity index (χ1n) is 8.89. The number of anilines is 2. The SMILES string of the molecule is CCC(=O)N1c2ccccc2[C@@H](Nc2ccccc2)[C@@H](C)[C@@H]1CC. The average Bonchev–Trinajstić information content (AvgIpc) is 2.63. The van der Waals surface area contributed by atoms with Crippen LogP contribution in [0, 0.1) is 5.92 Å². The fourth-order valence-corrected chi connectivity index (χ4v) is 3.86. The van der Waals surface area contributed by atoms with Gasteiger partial charge in [-0.2, -0.15) is 0 Å². The van der Waals surface area contributed by atoms with E-state index in [4.69, 9.17) is 0 Å². The zero-order valence-corrected chi connectivity index (χ0v) is 14.7. The summed E-state index contributed by atoms with van der Waals surface area (Å²) in [7, 11) is 0. The van der Waals surface area contributed by atoms with Gasteiger partial charge in [0, 0.05) is 29.8 Å². The van der Waals surface area contributed by atoms with E-state index in [1.165, 1.54) is 5.56 Å². The highest BCUT2D eigenvalue weighted by Crippen LogP contribution is 2.43. The predicted octanol–water partition coefficient (Wildman–Crippen LogP) is 5.01. The number of amides is 1. The quantitative estimate of drug-likeness (QED) is 0.858. The van der Waals surface area contributed by atoms with Gasteiger partial charge in [0.1, 0.15) is 0 Å². The number of nitrogens with one attached hydrogen (secondary N) is 1. The zero-order valence-electron chi connectivity index (χ0n) is 14.7. The molecule has 0 saturated heterocycles. The van der Waals surface area contributed by atoms with E-state index >= 15 is 0 Å². The van der Waals surface area contributed by atoms with Crippen molar-refractivity contribution >= 4 is 17.3 Å². The van der Waals surface area contributed by atoms with Crippen molar-refractivity contribution in [3.8, 4) is 0 Å². The van der Waals surface area contributed by atoms with Crippen molar-refractivity contribution in [2.75, 3.05) is 10.2 Å². The van der Waals surface area contributed by atoms with Crippen LogP contribution < -0.4 is 10.2 Å². The number of hydrogen-bond donors (Lipinski definition) is 1. The fraction of sp³-hybridized carbons (Fsp3) is 0.381. The minimum atomic E-state index is 0.203. The summed E-state index contributed by atoms with van der Waals surface area (Å²) in [6, 6.07) is 19.1. The van der Waals surface area contributed by atoms with Gasteiger partial charge in [0.2, 0.25) is 5.91 Å². The van der Waals surface area contributed by atoms with Gasteiger partial charge >= 0.3 is 0 Å². The molecule has 0 bridgehead atoms. The number of carbonyl (C=O) groups is 1. The van der Waals surface area contributed by atoms with E-state index in [9.17, 15) is 4.79 Å². The van der Waals surface area contributed by atoms with Gasteiger partial charge in [0.25, 0.3) is 0 Å². The molecule has 3 nitrogen and oxygen atoms in total. The molecule has 2 aromatic carbocycles. The van der Waals surface area contributed by atoms with Gasteiger partial charge in [0.05, 0.1) is 6.04 Å². The molecule has 1 aliphatic rings. The Morgan fingerprint density at radius 1 is 1.04 bits per heavy atom. The molecular formula is C21H26N2O. The summed E-state index contributed by atoms with van der Waals surface area (Å²) in [5.74, 6) is 0.542. The van der Waals surface area contributed by atoms with Crippen LogP contribution in [-0.2, 0) is 4.79 Å². The molecule has 0 unspecified atom stereocenters. The summed E-state index contributed by atoms with van der Waals surface area (Å²) in [5, 5.41) is 3.69. The molecule has 3 atom stereocenters. The summed E-state index contributed by atoms with van der Waals surface area (Å²) in [6.45, 7) is 6.36. The molecular weight excluding hydrogens is 296 g/mol. The van der Waals surface area contributed by atoms with Crippen molar-refractivity contribution in [2.45, 2.75) is 45.7 Å². The van der Waals surface area contributed by atoms with Crippen molar-refractivity contribution in [3.05, 3.63) is 60.2 Å². The van der Waals surface area contributed by atoms with Crippen LogP contribution in [0.5, 0.6) is 0 Å². The molecule has 1 amide bonds. The van der Waals surface area contributed by atoms with Gasteiger partial charge in [-0.25, -0.2) is 0 Å². The average molecular weight is 322 g/mol. The third-order valence-electron chi connectivity index (χ3n) is 5.08. The summed E-state index contributed by atoms with van der Waals surface area (Å²) >= 11 is 0. The molecule has 0 fully saturated rings. The van der Waals surface area contributed by atoms with Crippen LogP contribution in [0.3, 0.4) is 0 Å². The van der Waals surface area contributed by atoms with Gasteiger partial charge in [-0.15, -0.1) is 0 Å². The number of rotatable bonds is 4. The number of hydrogen-bond acceptors (Lipinski definition) is 2.